The third-order valence-electron chi connectivity index (χ3n) is 4.86. The van der Waals surface area contributed by atoms with Gasteiger partial charge in [0.05, 0.1) is 29.4 Å². The number of imide groups is 1. The van der Waals surface area contributed by atoms with Crippen molar-refractivity contribution < 1.29 is 19.1 Å². The fourth-order valence-electron chi connectivity index (χ4n) is 3.44. The molecule has 0 atom stereocenters. The molecule has 4 rings (SSSR count). The third-order valence-corrected chi connectivity index (χ3v) is 5.96. The Morgan fingerprint density at radius 1 is 0.719 bits per heavy atom. The fraction of sp³-hybridized carbons (Fsp3) is 0.154. The molecule has 162 valence electrons. The highest BCUT2D eigenvalue weighted by atomic mass is 32.2. The predicted molar refractivity (Wildman–Crippen MR) is 127 cm³/mol. The zero-order valence-electron chi connectivity index (χ0n) is 17.9. The number of amides is 2. The zero-order valence-corrected chi connectivity index (χ0v) is 18.7. The zero-order chi connectivity index (χ0) is 22.5. The number of nitrogens with zero attached hydrogens (tertiary/aromatic N) is 1. The van der Waals surface area contributed by atoms with Crippen LogP contribution < -0.4 is 14.4 Å². The van der Waals surface area contributed by atoms with Gasteiger partial charge in [-0.3, -0.25) is 9.59 Å². The lowest BCUT2D eigenvalue weighted by Gasteiger charge is -2.16. The molecule has 32 heavy (non-hydrogen) atoms. The van der Waals surface area contributed by atoms with Crippen LogP contribution in [0, 0.1) is 0 Å². The fourth-order valence-corrected chi connectivity index (χ4v) is 4.46. The first-order valence-corrected chi connectivity index (χ1v) is 11.3. The highest BCUT2D eigenvalue weighted by Crippen LogP contribution is 2.41. The van der Waals surface area contributed by atoms with Crippen LogP contribution in [0.15, 0.2) is 88.7 Å². The quantitative estimate of drug-likeness (QED) is 0.425. The van der Waals surface area contributed by atoms with Gasteiger partial charge in [-0.05, 0) is 67.9 Å². The minimum Gasteiger partial charge on any atom is -0.494 e. The van der Waals surface area contributed by atoms with Crippen LogP contribution in [-0.2, 0) is 9.59 Å². The monoisotopic (exact) mass is 445 g/mol. The van der Waals surface area contributed by atoms with Crippen LogP contribution in [0.1, 0.15) is 19.4 Å². The summed E-state index contributed by atoms with van der Waals surface area (Å²) < 4.78 is 11.0. The average Bonchev–Trinajstić information content (AvgIpc) is 3.05. The lowest BCUT2D eigenvalue weighted by atomic mass is 10.1. The topological polar surface area (TPSA) is 55.8 Å². The van der Waals surface area contributed by atoms with Crippen molar-refractivity contribution in [2.75, 3.05) is 18.1 Å². The number of ether oxygens (including phenoxy) is 2. The summed E-state index contributed by atoms with van der Waals surface area (Å²) in [6.45, 7) is 4.92. The maximum atomic E-state index is 13.5. The molecule has 2 amide bonds. The summed E-state index contributed by atoms with van der Waals surface area (Å²) in [4.78, 5) is 29.5. The number of benzene rings is 3. The van der Waals surface area contributed by atoms with E-state index >= 15 is 0 Å². The standard InChI is InChI=1S/C26H23NO4S/c1-3-30-20-14-10-18(11-15-20)23-24(32-22-8-6-5-7-9-22)26(29)27(25(23)28)19-12-16-21(17-13-19)31-4-2/h5-17H,3-4H2,1-2H3. The average molecular weight is 446 g/mol. The lowest BCUT2D eigenvalue weighted by molar-refractivity contribution is -0.119. The summed E-state index contributed by atoms with van der Waals surface area (Å²) in [6.07, 6.45) is 0. The van der Waals surface area contributed by atoms with E-state index in [1.54, 1.807) is 24.3 Å². The smallest absolute Gasteiger partial charge is 0.272 e. The summed E-state index contributed by atoms with van der Waals surface area (Å²) >= 11 is 1.30. The summed E-state index contributed by atoms with van der Waals surface area (Å²) in [6, 6.07) is 23.8. The highest BCUT2D eigenvalue weighted by molar-refractivity contribution is 8.04. The normalized spacial score (nSPS) is 13.6. The van der Waals surface area contributed by atoms with E-state index in [-0.39, 0.29) is 11.8 Å². The highest BCUT2D eigenvalue weighted by Gasteiger charge is 2.40. The Kier molecular flexibility index (Phi) is 6.61. The van der Waals surface area contributed by atoms with Crippen molar-refractivity contribution in [2.24, 2.45) is 0 Å². The van der Waals surface area contributed by atoms with Crippen molar-refractivity contribution in [3.63, 3.8) is 0 Å². The predicted octanol–water partition coefficient (Wildman–Crippen LogP) is 5.56. The lowest BCUT2D eigenvalue weighted by Crippen LogP contribution is -2.31. The molecule has 0 aliphatic carbocycles. The van der Waals surface area contributed by atoms with Crippen molar-refractivity contribution in [1.82, 2.24) is 0 Å². The van der Waals surface area contributed by atoms with Gasteiger partial charge >= 0.3 is 0 Å². The van der Waals surface area contributed by atoms with Gasteiger partial charge in [-0.1, -0.05) is 42.1 Å². The van der Waals surface area contributed by atoms with Gasteiger partial charge < -0.3 is 9.47 Å². The molecule has 0 bridgehead atoms. The van der Waals surface area contributed by atoms with Gasteiger partial charge in [-0.2, -0.15) is 0 Å². The number of rotatable bonds is 8. The van der Waals surface area contributed by atoms with E-state index in [9.17, 15) is 9.59 Å². The van der Waals surface area contributed by atoms with Crippen LogP contribution >= 0.6 is 11.8 Å². The molecule has 0 unspecified atom stereocenters. The SMILES string of the molecule is CCOc1ccc(C2=C(Sc3ccccc3)C(=O)N(c3ccc(OCC)cc3)C2=O)cc1. The Morgan fingerprint density at radius 3 is 1.84 bits per heavy atom. The molecule has 0 saturated carbocycles. The Bertz CT molecular complexity index is 1140. The Labute approximate surface area is 191 Å². The van der Waals surface area contributed by atoms with Crippen LogP contribution in [0.4, 0.5) is 5.69 Å². The van der Waals surface area contributed by atoms with E-state index < -0.39 is 0 Å². The molecule has 6 heteroatoms. The van der Waals surface area contributed by atoms with E-state index in [1.165, 1.54) is 16.7 Å². The molecule has 1 aliphatic rings. The van der Waals surface area contributed by atoms with E-state index in [4.69, 9.17) is 9.47 Å². The summed E-state index contributed by atoms with van der Waals surface area (Å²) in [5.41, 5.74) is 1.58. The second-order valence-corrected chi connectivity index (χ2v) is 8.03. The first-order chi connectivity index (χ1) is 15.6. The molecular weight excluding hydrogens is 422 g/mol. The molecule has 0 saturated heterocycles. The molecule has 5 nitrogen and oxygen atoms in total. The summed E-state index contributed by atoms with van der Waals surface area (Å²) in [5, 5.41) is 0. The van der Waals surface area contributed by atoms with Crippen LogP contribution in [0.3, 0.4) is 0 Å². The number of carbonyl (C=O) groups excluding carboxylic acids is 2. The van der Waals surface area contributed by atoms with Gasteiger partial charge in [0.2, 0.25) is 0 Å². The molecule has 0 N–H and O–H groups in total. The number of anilines is 1. The minimum absolute atomic E-state index is 0.336. The second-order valence-electron chi connectivity index (χ2n) is 6.95. The number of thioether (sulfide) groups is 1. The van der Waals surface area contributed by atoms with Gasteiger partial charge in [0, 0.05) is 4.90 Å². The van der Waals surface area contributed by atoms with E-state index in [0.29, 0.717) is 46.4 Å². The van der Waals surface area contributed by atoms with Gasteiger partial charge in [0.15, 0.2) is 0 Å². The maximum absolute atomic E-state index is 13.5. The van der Waals surface area contributed by atoms with Gasteiger partial charge in [0.25, 0.3) is 11.8 Å². The number of hydrogen-bond acceptors (Lipinski definition) is 5. The van der Waals surface area contributed by atoms with E-state index in [1.807, 2.05) is 68.4 Å². The first-order valence-electron chi connectivity index (χ1n) is 10.4. The number of hydrogen-bond donors (Lipinski definition) is 0. The first kappa shape index (κ1) is 21.7. The molecule has 0 spiro atoms. The molecular formula is C26H23NO4S. The summed E-state index contributed by atoms with van der Waals surface area (Å²) in [7, 11) is 0. The Balaban J connectivity index is 1.74. The molecule has 3 aromatic rings. The van der Waals surface area contributed by atoms with E-state index in [0.717, 1.165) is 4.90 Å². The van der Waals surface area contributed by atoms with Crippen LogP contribution in [0.25, 0.3) is 5.57 Å². The number of carbonyl (C=O) groups is 2. The maximum Gasteiger partial charge on any atom is 0.272 e. The Morgan fingerprint density at radius 2 is 1.28 bits per heavy atom. The third kappa shape index (κ3) is 4.41. The molecule has 1 heterocycles. The minimum atomic E-state index is -0.346. The summed E-state index contributed by atoms with van der Waals surface area (Å²) in [5.74, 6) is 0.724. The molecule has 0 radical (unpaired) electrons. The van der Waals surface area contributed by atoms with Crippen LogP contribution in [0.5, 0.6) is 11.5 Å². The van der Waals surface area contributed by atoms with Crippen molar-refractivity contribution in [3.05, 3.63) is 89.3 Å². The van der Waals surface area contributed by atoms with Crippen molar-refractivity contribution >= 4 is 34.8 Å². The van der Waals surface area contributed by atoms with Gasteiger partial charge in [-0.25, -0.2) is 4.90 Å². The largest absolute Gasteiger partial charge is 0.494 e. The van der Waals surface area contributed by atoms with Gasteiger partial charge in [-0.15, -0.1) is 0 Å². The molecule has 0 aromatic heterocycles. The van der Waals surface area contributed by atoms with E-state index in [2.05, 4.69) is 0 Å². The molecule has 3 aromatic carbocycles. The van der Waals surface area contributed by atoms with Crippen molar-refractivity contribution in [2.45, 2.75) is 18.7 Å². The van der Waals surface area contributed by atoms with Crippen molar-refractivity contribution in [1.29, 1.82) is 0 Å². The molecule has 0 fully saturated rings. The van der Waals surface area contributed by atoms with Crippen LogP contribution in [-0.4, -0.2) is 25.0 Å². The Hall–Kier alpha value is -3.51. The second kappa shape index (κ2) is 9.75. The molecule has 1 aliphatic heterocycles. The van der Waals surface area contributed by atoms with Crippen LogP contribution in [0.2, 0.25) is 0 Å². The van der Waals surface area contributed by atoms with Crippen molar-refractivity contribution in [3.8, 4) is 11.5 Å². The van der Waals surface area contributed by atoms with Gasteiger partial charge in [0.1, 0.15) is 11.5 Å².